The molecule has 0 aliphatic carbocycles. The molecule has 0 aromatic heterocycles. The monoisotopic (exact) mass is 310 g/mol. The van der Waals surface area contributed by atoms with Gasteiger partial charge >= 0.3 is 5.97 Å². The number of esters is 1. The van der Waals surface area contributed by atoms with E-state index in [4.69, 9.17) is 31.3 Å². The minimum absolute atomic E-state index is 0.269. The molecule has 0 rings (SSSR count). The lowest BCUT2D eigenvalue weighted by Gasteiger charge is -2.23. The third kappa shape index (κ3) is 9.90. The van der Waals surface area contributed by atoms with Gasteiger partial charge in [-0.1, -0.05) is 6.58 Å². The van der Waals surface area contributed by atoms with E-state index in [1.807, 2.05) is 0 Å². The van der Waals surface area contributed by atoms with Gasteiger partial charge in [-0.3, -0.25) is 4.79 Å². The molecule has 0 saturated heterocycles. The Hall–Kier alpha value is -1.56. The lowest BCUT2D eigenvalue weighted by Crippen LogP contribution is -2.50. The topological polar surface area (TPSA) is 197 Å². The third-order valence-corrected chi connectivity index (χ3v) is 2.08. The molecule has 1 amide bonds. The van der Waals surface area contributed by atoms with Crippen molar-refractivity contribution in [3.05, 3.63) is 12.7 Å². The Balaban J connectivity index is 0. The molecule has 0 fully saturated rings. The Morgan fingerprint density at radius 3 is 2.05 bits per heavy atom. The summed E-state index contributed by atoms with van der Waals surface area (Å²) in [6, 6.07) is 0. The maximum atomic E-state index is 10.3. The maximum Gasteiger partial charge on any atom is 0.330 e. The summed E-state index contributed by atoms with van der Waals surface area (Å²) in [5, 5.41) is 44.0. The van der Waals surface area contributed by atoms with Gasteiger partial charge in [-0.25, -0.2) is 4.79 Å². The first-order valence-corrected chi connectivity index (χ1v) is 5.84. The molecule has 0 aliphatic heterocycles. The van der Waals surface area contributed by atoms with E-state index < -0.39 is 42.9 Å². The van der Waals surface area contributed by atoms with E-state index in [-0.39, 0.29) is 6.61 Å². The highest BCUT2D eigenvalue weighted by atomic mass is 16.5. The van der Waals surface area contributed by atoms with Gasteiger partial charge < -0.3 is 41.7 Å². The summed E-state index contributed by atoms with van der Waals surface area (Å²) >= 11 is 0. The quantitative estimate of drug-likeness (QED) is 0.171. The number of carbonyl (C=O) groups is 2. The van der Waals surface area contributed by atoms with Crippen molar-refractivity contribution in [2.45, 2.75) is 24.4 Å². The summed E-state index contributed by atoms with van der Waals surface area (Å²) in [7, 11) is 0. The highest BCUT2D eigenvalue weighted by Crippen LogP contribution is 2.04. The van der Waals surface area contributed by atoms with E-state index in [9.17, 15) is 9.59 Å². The van der Waals surface area contributed by atoms with Crippen LogP contribution in [0, 0.1) is 0 Å². The number of rotatable bonds is 8. The second-order valence-electron chi connectivity index (χ2n) is 3.74. The largest absolute Gasteiger partial charge is 0.461 e. The molecular weight excluding hydrogens is 288 g/mol. The van der Waals surface area contributed by atoms with Crippen LogP contribution < -0.4 is 11.5 Å². The number of aliphatic hydroxyl groups is 5. The molecule has 0 aromatic carbocycles. The second-order valence-corrected chi connectivity index (χ2v) is 3.74. The Bertz CT molecular complexity index is 325. The van der Waals surface area contributed by atoms with Gasteiger partial charge in [-0.2, -0.15) is 0 Å². The van der Waals surface area contributed by atoms with E-state index in [1.165, 1.54) is 0 Å². The van der Waals surface area contributed by atoms with Crippen molar-refractivity contribution in [1.29, 1.82) is 0 Å². The number of nitrogens with two attached hydrogens (primary N) is 2. The molecule has 0 spiro atoms. The van der Waals surface area contributed by atoms with Crippen molar-refractivity contribution >= 4 is 11.9 Å². The van der Waals surface area contributed by atoms with Crippen LogP contribution >= 0.6 is 0 Å². The van der Waals surface area contributed by atoms with E-state index >= 15 is 0 Å². The van der Waals surface area contributed by atoms with Gasteiger partial charge in [0.15, 0.2) is 6.10 Å². The summed E-state index contributed by atoms with van der Waals surface area (Å²) in [5.74, 6) is -1.65. The van der Waals surface area contributed by atoms with E-state index in [1.54, 1.807) is 0 Å². The molecule has 10 heteroatoms. The van der Waals surface area contributed by atoms with E-state index in [2.05, 4.69) is 17.0 Å². The molecule has 0 aromatic rings. The zero-order valence-corrected chi connectivity index (χ0v) is 11.3. The molecule has 0 heterocycles. The summed E-state index contributed by atoms with van der Waals surface area (Å²) in [6.07, 6.45) is -6.25. The molecule has 0 aliphatic rings. The minimum Gasteiger partial charge on any atom is -0.461 e. The van der Waals surface area contributed by atoms with E-state index in [0.717, 1.165) is 6.08 Å². The normalized spacial score (nSPS) is 15.7. The zero-order chi connectivity index (χ0) is 17.0. The molecule has 4 atom stereocenters. The zero-order valence-electron chi connectivity index (χ0n) is 11.3. The van der Waals surface area contributed by atoms with Crippen LogP contribution in [0.4, 0.5) is 0 Å². The first-order chi connectivity index (χ1) is 9.72. The number of hydrogen-bond acceptors (Lipinski definition) is 9. The molecule has 0 radical (unpaired) electrons. The first kappa shape index (κ1) is 21.7. The summed E-state index contributed by atoms with van der Waals surface area (Å²) < 4.78 is 4.46. The molecule has 4 unspecified atom stereocenters. The highest BCUT2D eigenvalue weighted by molar-refractivity contribution is 5.81. The number of primary amides is 1. The molecule has 124 valence electrons. The maximum absolute atomic E-state index is 10.3. The summed E-state index contributed by atoms with van der Waals surface area (Å²) in [6.45, 7) is 3.03. The molecule has 0 saturated carbocycles. The molecule has 9 N–H and O–H groups in total. The van der Waals surface area contributed by atoms with Crippen LogP contribution in [0.1, 0.15) is 0 Å². The van der Waals surface area contributed by atoms with Crippen molar-refractivity contribution in [3.8, 4) is 0 Å². The summed E-state index contributed by atoms with van der Waals surface area (Å²) in [4.78, 5) is 20.5. The van der Waals surface area contributed by atoms with Gasteiger partial charge in [0, 0.05) is 12.6 Å². The Labute approximate surface area is 121 Å². The fourth-order valence-electron chi connectivity index (χ4n) is 0.909. The number of amides is 1. The molecule has 10 nitrogen and oxygen atoms in total. The predicted octanol–water partition coefficient (Wildman–Crippen LogP) is -4.42. The van der Waals surface area contributed by atoms with E-state index in [0.29, 0.717) is 6.54 Å². The van der Waals surface area contributed by atoms with Crippen LogP contribution in [0.15, 0.2) is 12.7 Å². The number of ether oxygens (including phenoxy) is 1. The lowest BCUT2D eigenvalue weighted by molar-refractivity contribution is -0.146. The predicted molar refractivity (Wildman–Crippen MR) is 70.5 cm³/mol. The Morgan fingerprint density at radius 2 is 1.71 bits per heavy atom. The SMILES string of the molecule is C=CC(=O)OCCN.NC(=O)C(O)C(O)C(O)C(O)CO. The van der Waals surface area contributed by atoms with Crippen LogP contribution in [-0.4, -0.2) is 81.6 Å². The highest BCUT2D eigenvalue weighted by Gasteiger charge is 2.32. The Morgan fingerprint density at radius 1 is 1.19 bits per heavy atom. The van der Waals surface area contributed by atoms with Crippen LogP contribution in [0.5, 0.6) is 0 Å². The third-order valence-electron chi connectivity index (χ3n) is 2.08. The van der Waals surface area contributed by atoms with Crippen LogP contribution in [-0.2, 0) is 14.3 Å². The number of hydrogen-bond donors (Lipinski definition) is 7. The van der Waals surface area contributed by atoms with Crippen molar-refractivity contribution in [1.82, 2.24) is 0 Å². The molecule has 0 bridgehead atoms. The van der Waals surface area contributed by atoms with Crippen LogP contribution in [0.25, 0.3) is 0 Å². The van der Waals surface area contributed by atoms with Crippen molar-refractivity contribution in [2.24, 2.45) is 11.5 Å². The van der Waals surface area contributed by atoms with Crippen LogP contribution in [0.3, 0.4) is 0 Å². The Kier molecular flexibility index (Phi) is 12.6. The van der Waals surface area contributed by atoms with Gasteiger partial charge in [-0.05, 0) is 0 Å². The van der Waals surface area contributed by atoms with Crippen molar-refractivity contribution < 1.29 is 39.9 Å². The second kappa shape index (κ2) is 12.2. The minimum atomic E-state index is -1.98. The van der Waals surface area contributed by atoms with Crippen molar-refractivity contribution in [2.75, 3.05) is 19.8 Å². The molecular formula is C11H22N2O8. The standard InChI is InChI=1S/C6H13NO6.C5H9NO2/c7-6(13)5(12)4(11)3(10)2(9)1-8;1-2-5(7)8-4-3-6/h2-5,8-12H,1H2,(H2,7,13);2H,1,3-4,6H2. The smallest absolute Gasteiger partial charge is 0.330 e. The van der Waals surface area contributed by atoms with Gasteiger partial charge in [0.05, 0.1) is 6.61 Å². The first-order valence-electron chi connectivity index (χ1n) is 5.84. The fourth-order valence-corrected chi connectivity index (χ4v) is 0.909. The van der Waals surface area contributed by atoms with Gasteiger partial charge in [0.1, 0.15) is 24.9 Å². The van der Waals surface area contributed by atoms with Crippen LogP contribution in [0.2, 0.25) is 0 Å². The van der Waals surface area contributed by atoms with Crippen molar-refractivity contribution in [3.63, 3.8) is 0 Å². The fraction of sp³-hybridized carbons (Fsp3) is 0.636. The van der Waals surface area contributed by atoms with Gasteiger partial charge in [0.2, 0.25) is 5.91 Å². The average Bonchev–Trinajstić information content (AvgIpc) is 2.49. The van der Waals surface area contributed by atoms with Gasteiger partial charge in [0.25, 0.3) is 0 Å². The number of carbonyl (C=O) groups excluding carboxylic acids is 2. The lowest BCUT2D eigenvalue weighted by atomic mass is 10.0. The average molecular weight is 310 g/mol. The summed E-state index contributed by atoms with van der Waals surface area (Å²) in [5.41, 5.74) is 9.63. The van der Waals surface area contributed by atoms with Gasteiger partial charge in [-0.15, -0.1) is 0 Å². The number of aliphatic hydroxyl groups excluding tert-OH is 5. The molecule has 21 heavy (non-hydrogen) atoms.